The normalized spacial score (nSPS) is 13.5. The van der Waals surface area contributed by atoms with Gasteiger partial charge in [-0.15, -0.1) is 0 Å². The van der Waals surface area contributed by atoms with Crippen molar-refractivity contribution in [1.29, 1.82) is 0 Å². The van der Waals surface area contributed by atoms with Crippen LogP contribution in [0.2, 0.25) is 0 Å². The van der Waals surface area contributed by atoms with E-state index in [0.717, 1.165) is 5.56 Å². The van der Waals surface area contributed by atoms with Crippen LogP contribution in [0.1, 0.15) is 38.7 Å². The minimum absolute atomic E-state index is 0.0280. The van der Waals surface area contributed by atoms with Crippen molar-refractivity contribution in [2.45, 2.75) is 33.1 Å². The maximum Gasteiger partial charge on any atom is 0.303 e. The Morgan fingerprint density at radius 3 is 2.20 bits per heavy atom. The van der Waals surface area contributed by atoms with Crippen LogP contribution in [0.5, 0.6) is 0 Å². The van der Waals surface area contributed by atoms with Crippen molar-refractivity contribution in [2.24, 2.45) is 5.41 Å². The van der Waals surface area contributed by atoms with Crippen LogP contribution in [0.4, 0.5) is 0 Å². The summed E-state index contributed by atoms with van der Waals surface area (Å²) in [5, 5.41) is 8.91. The van der Waals surface area contributed by atoms with Crippen LogP contribution < -0.4 is 0 Å². The molecule has 0 bridgehead atoms. The van der Waals surface area contributed by atoms with E-state index in [1.165, 1.54) is 0 Å². The van der Waals surface area contributed by atoms with Gasteiger partial charge >= 0.3 is 5.97 Å². The van der Waals surface area contributed by atoms with Gasteiger partial charge in [-0.3, -0.25) is 4.79 Å². The van der Waals surface area contributed by atoms with E-state index in [1.807, 2.05) is 30.3 Å². The summed E-state index contributed by atoms with van der Waals surface area (Å²) in [7, 11) is 0. The highest BCUT2D eigenvalue weighted by Crippen LogP contribution is 2.37. The molecule has 1 rings (SSSR count). The van der Waals surface area contributed by atoms with Gasteiger partial charge < -0.3 is 5.11 Å². The number of carboxylic acid groups (broad SMARTS) is 1. The predicted octanol–water partition coefficient (Wildman–Crippen LogP) is 3.29. The maximum absolute atomic E-state index is 10.8. The Kier molecular flexibility index (Phi) is 3.51. The lowest BCUT2D eigenvalue weighted by atomic mass is 9.75. The molecule has 2 nitrogen and oxygen atoms in total. The van der Waals surface area contributed by atoms with E-state index in [2.05, 4.69) is 20.8 Å². The molecule has 1 aromatic rings. The molecule has 1 aromatic carbocycles. The molecule has 0 radical (unpaired) electrons. The summed E-state index contributed by atoms with van der Waals surface area (Å²) in [5.41, 5.74) is 1.08. The maximum atomic E-state index is 10.8. The third kappa shape index (κ3) is 3.39. The molecule has 1 N–H and O–H groups in total. The number of aliphatic carboxylic acids is 1. The first-order valence-corrected chi connectivity index (χ1v) is 5.18. The van der Waals surface area contributed by atoms with Gasteiger partial charge in [-0.1, -0.05) is 51.1 Å². The van der Waals surface area contributed by atoms with Crippen molar-refractivity contribution in [3.8, 4) is 0 Å². The minimum Gasteiger partial charge on any atom is -0.481 e. The predicted molar refractivity (Wildman–Crippen MR) is 60.9 cm³/mol. The quantitative estimate of drug-likeness (QED) is 0.824. The highest BCUT2D eigenvalue weighted by atomic mass is 16.4. The molecule has 2 heteroatoms. The van der Waals surface area contributed by atoms with Crippen molar-refractivity contribution in [3.63, 3.8) is 0 Å². The second-order valence-electron chi connectivity index (χ2n) is 4.93. The molecule has 0 aliphatic carbocycles. The van der Waals surface area contributed by atoms with E-state index < -0.39 is 5.97 Å². The van der Waals surface area contributed by atoms with E-state index in [4.69, 9.17) is 5.11 Å². The molecule has 0 heterocycles. The van der Waals surface area contributed by atoms with E-state index in [1.54, 1.807) is 0 Å². The summed E-state index contributed by atoms with van der Waals surface area (Å²) in [5.74, 6) is -0.671. The zero-order valence-electron chi connectivity index (χ0n) is 9.53. The second-order valence-corrected chi connectivity index (χ2v) is 4.93. The number of rotatable bonds is 3. The molecule has 0 aliphatic rings. The lowest BCUT2D eigenvalue weighted by Crippen LogP contribution is -2.21. The molecule has 82 valence electrons. The summed E-state index contributed by atoms with van der Waals surface area (Å²) < 4.78 is 0. The van der Waals surface area contributed by atoms with Gasteiger partial charge in [0, 0.05) is 0 Å². The molecule has 1 atom stereocenters. The standard InChI is InChI=1S/C13H18O2/c1-13(2,3)11(9-12(14)15)10-7-5-4-6-8-10/h4-8,11H,9H2,1-3H3,(H,14,15)/t11-/m1/s1. The second kappa shape index (κ2) is 4.47. The molecule has 0 spiro atoms. The Balaban J connectivity index is 2.97. The molecular weight excluding hydrogens is 188 g/mol. The van der Waals surface area contributed by atoms with Gasteiger partial charge in [0.1, 0.15) is 0 Å². The number of carboxylic acids is 1. The third-order valence-electron chi connectivity index (χ3n) is 2.63. The number of hydrogen-bond acceptors (Lipinski definition) is 1. The SMILES string of the molecule is CC(C)(C)[C@H](CC(=O)O)c1ccccc1. The van der Waals surface area contributed by atoms with E-state index >= 15 is 0 Å². The van der Waals surface area contributed by atoms with Crippen molar-refractivity contribution in [3.05, 3.63) is 35.9 Å². The third-order valence-corrected chi connectivity index (χ3v) is 2.63. The number of carbonyl (C=O) groups is 1. The Hall–Kier alpha value is -1.31. The molecular formula is C13H18O2. The monoisotopic (exact) mass is 206 g/mol. The fourth-order valence-electron chi connectivity index (χ4n) is 1.78. The van der Waals surface area contributed by atoms with Crippen molar-refractivity contribution >= 4 is 5.97 Å². The van der Waals surface area contributed by atoms with E-state index in [0.29, 0.717) is 0 Å². The van der Waals surface area contributed by atoms with Gasteiger partial charge in [-0.25, -0.2) is 0 Å². The lowest BCUT2D eigenvalue weighted by Gasteiger charge is -2.29. The molecule has 0 saturated heterocycles. The fourth-order valence-corrected chi connectivity index (χ4v) is 1.78. The van der Waals surface area contributed by atoms with E-state index in [-0.39, 0.29) is 17.8 Å². The first-order valence-electron chi connectivity index (χ1n) is 5.18. The van der Waals surface area contributed by atoms with Gasteiger partial charge in [0.15, 0.2) is 0 Å². The lowest BCUT2D eigenvalue weighted by molar-refractivity contribution is -0.138. The zero-order valence-corrected chi connectivity index (χ0v) is 9.53. The average molecular weight is 206 g/mol. The van der Waals surface area contributed by atoms with Crippen LogP contribution in [0.25, 0.3) is 0 Å². The van der Waals surface area contributed by atoms with Crippen LogP contribution in [0, 0.1) is 5.41 Å². The Labute approximate surface area is 90.9 Å². The summed E-state index contributed by atoms with van der Waals surface area (Å²) in [4.78, 5) is 10.8. The number of benzene rings is 1. The van der Waals surface area contributed by atoms with Crippen LogP contribution in [0.15, 0.2) is 30.3 Å². The van der Waals surface area contributed by atoms with Gasteiger partial charge in [-0.05, 0) is 16.9 Å². The molecule has 0 aliphatic heterocycles. The summed E-state index contributed by atoms with van der Waals surface area (Å²) in [6.45, 7) is 6.23. The van der Waals surface area contributed by atoms with Crippen LogP contribution in [-0.2, 0) is 4.79 Å². The molecule has 0 saturated carbocycles. The first-order chi connectivity index (χ1) is 6.91. The summed E-state index contributed by atoms with van der Waals surface area (Å²) in [6.07, 6.45) is 0.188. The molecule has 0 fully saturated rings. The molecule has 0 amide bonds. The van der Waals surface area contributed by atoms with Crippen LogP contribution in [0.3, 0.4) is 0 Å². The van der Waals surface area contributed by atoms with Crippen molar-refractivity contribution in [2.75, 3.05) is 0 Å². The first kappa shape index (κ1) is 11.8. The Morgan fingerprint density at radius 2 is 1.80 bits per heavy atom. The molecule has 0 unspecified atom stereocenters. The molecule has 15 heavy (non-hydrogen) atoms. The minimum atomic E-state index is -0.737. The Bertz CT molecular complexity index is 322. The van der Waals surface area contributed by atoms with Gasteiger partial charge in [0.25, 0.3) is 0 Å². The zero-order chi connectivity index (χ0) is 11.5. The largest absolute Gasteiger partial charge is 0.481 e. The number of hydrogen-bond donors (Lipinski definition) is 1. The summed E-state index contributed by atoms with van der Waals surface area (Å²) >= 11 is 0. The average Bonchev–Trinajstić information content (AvgIpc) is 2.14. The summed E-state index contributed by atoms with van der Waals surface area (Å²) in [6, 6.07) is 9.85. The highest BCUT2D eigenvalue weighted by Gasteiger charge is 2.28. The van der Waals surface area contributed by atoms with Crippen molar-refractivity contribution in [1.82, 2.24) is 0 Å². The smallest absolute Gasteiger partial charge is 0.303 e. The fraction of sp³-hybridized carbons (Fsp3) is 0.462. The van der Waals surface area contributed by atoms with Gasteiger partial charge in [0.05, 0.1) is 6.42 Å². The van der Waals surface area contributed by atoms with Crippen LogP contribution >= 0.6 is 0 Å². The highest BCUT2D eigenvalue weighted by molar-refractivity contribution is 5.68. The van der Waals surface area contributed by atoms with Crippen LogP contribution in [-0.4, -0.2) is 11.1 Å². The topological polar surface area (TPSA) is 37.3 Å². The molecule has 0 aromatic heterocycles. The Morgan fingerprint density at radius 1 is 1.27 bits per heavy atom. The van der Waals surface area contributed by atoms with Crippen molar-refractivity contribution < 1.29 is 9.90 Å². The van der Waals surface area contributed by atoms with Gasteiger partial charge in [0.2, 0.25) is 0 Å². The van der Waals surface area contributed by atoms with E-state index in [9.17, 15) is 4.79 Å². The van der Waals surface area contributed by atoms with Gasteiger partial charge in [-0.2, -0.15) is 0 Å².